The van der Waals surface area contributed by atoms with Crippen LogP contribution in [0.4, 0.5) is 4.39 Å². The van der Waals surface area contributed by atoms with Crippen molar-refractivity contribution in [2.75, 3.05) is 0 Å². The summed E-state index contributed by atoms with van der Waals surface area (Å²) in [7, 11) is 0. The largest absolute Gasteiger partial charge is 0.306 e. The second-order valence-corrected chi connectivity index (χ2v) is 4.85. The molecule has 0 unspecified atom stereocenters. The van der Waals surface area contributed by atoms with Crippen LogP contribution in [0.1, 0.15) is 24.1 Å². The van der Waals surface area contributed by atoms with E-state index in [1.807, 2.05) is 47.2 Å². The Bertz CT molecular complexity index is 703. The Morgan fingerprint density at radius 1 is 1.20 bits per heavy atom. The van der Waals surface area contributed by atoms with Crippen molar-refractivity contribution in [1.29, 1.82) is 0 Å². The number of hydrogen-bond donors (Lipinski definition) is 1. The van der Waals surface area contributed by atoms with Crippen molar-refractivity contribution in [3.05, 3.63) is 71.8 Å². The summed E-state index contributed by atoms with van der Waals surface area (Å²) in [5.74, 6) is -0.205. The third kappa shape index (κ3) is 2.56. The molecule has 2 aromatic heterocycles. The van der Waals surface area contributed by atoms with Gasteiger partial charge in [0.2, 0.25) is 0 Å². The van der Waals surface area contributed by atoms with Crippen molar-refractivity contribution in [3.63, 3.8) is 0 Å². The second kappa shape index (κ2) is 5.43. The standard InChI is InChI=1S/C16H16FN3/c1-12(13-5-7-15(17)8-6-13)18-10-14-11-19-20-9-3-2-4-16(14)20/h2-9,11-12,18H,10H2,1H3/t12-/m0/s1. The lowest BCUT2D eigenvalue weighted by molar-refractivity contribution is 0.572. The van der Waals surface area contributed by atoms with E-state index >= 15 is 0 Å². The zero-order valence-electron chi connectivity index (χ0n) is 11.3. The van der Waals surface area contributed by atoms with Gasteiger partial charge in [0.1, 0.15) is 5.82 Å². The molecule has 0 fully saturated rings. The highest BCUT2D eigenvalue weighted by atomic mass is 19.1. The quantitative estimate of drug-likeness (QED) is 0.787. The van der Waals surface area contributed by atoms with Crippen LogP contribution in [0.2, 0.25) is 0 Å². The van der Waals surface area contributed by atoms with E-state index in [-0.39, 0.29) is 11.9 Å². The van der Waals surface area contributed by atoms with Gasteiger partial charge in [-0.2, -0.15) is 5.10 Å². The molecule has 0 saturated heterocycles. The maximum Gasteiger partial charge on any atom is 0.123 e. The van der Waals surface area contributed by atoms with Crippen LogP contribution in [-0.2, 0) is 6.54 Å². The van der Waals surface area contributed by atoms with Crippen molar-refractivity contribution in [2.45, 2.75) is 19.5 Å². The average molecular weight is 269 g/mol. The van der Waals surface area contributed by atoms with Crippen LogP contribution in [0.25, 0.3) is 5.52 Å². The minimum absolute atomic E-state index is 0.161. The zero-order chi connectivity index (χ0) is 13.9. The van der Waals surface area contributed by atoms with Crippen LogP contribution < -0.4 is 5.32 Å². The summed E-state index contributed by atoms with van der Waals surface area (Å²) in [6.45, 7) is 2.80. The molecule has 20 heavy (non-hydrogen) atoms. The Morgan fingerprint density at radius 3 is 2.80 bits per heavy atom. The summed E-state index contributed by atoms with van der Waals surface area (Å²) in [5, 5.41) is 7.75. The van der Waals surface area contributed by atoms with Gasteiger partial charge in [0.05, 0.1) is 11.7 Å². The first-order valence-corrected chi connectivity index (χ1v) is 6.64. The van der Waals surface area contributed by atoms with Crippen LogP contribution in [0.3, 0.4) is 0 Å². The lowest BCUT2D eigenvalue weighted by Crippen LogP contribution is -2.17. The third-order valence-electron chi connectivity index (χ3n) is 3.47. The molecule has 1 aromatic carbocycles. The molecule has 2 heterocycles. The van der Waals surface area contributed by atoms with Crippen molar-refractivity contribution in [3.8, 4) is 0 Å². The van der Waals surface area contributed by atoms with Gasteiger partial charge in [0.15, 0.2) is 0 Å². The van der Waals surface area contributed by atoms with Crippen molar-refractivity contribution < 1.29 is 4.39 Å². The number of nitrogens with one attached hydrogen (secondary N) is 1. The molecule has 0 aliphatic carbocycles. The molecule has 0 radical (unpaired) electrons. The molecular weight excluding hydrogens is 253 g/mol. The van der Waals surface area contributed by atoms with Crippen LogP contribution in [0.15, 0.2) is 54.9 Å². The summed E-state index contributed by atoms with van der Waals surface area (Å²) in [4.78, 5) is 0. The van der Waals surface area contributed by atoms with Gasteiger partial charge < -0.3 is 5.32 Å². The number of aromatic nitrogens is 2. The molecule has 0 aliphatic rings. The number of nitrogens with zero attached hydrogens (tertiary/aromatic N) is 2. The fourth-order valence-corrected chi connectivity index (χ4v) is 2.26. The van der Waals surface area contributed by atoms with Gasteiger partial charge in [-0.05, 0) is 36.8 Å². The molecule has 0 bridgehead atoms. The molecule has 0 spiro atoms. The first-order valence-electron chi connectivity index (χ1n) is 6.64. The molecule has 3 aromatic rings. The molecule has 1 N–H and O–H groups in total. The van der Waals surface area contributed by atoms with Gasteiger partial charge in [-0.25, -0.2) is 8.91 Å². The summed E-state index contributed by atoms with van der Waals surface area (Å²) in [6.07, 6.45) is 3.81. The smallest absolute Gasteiger partial charge is 0.123 e. The number of hydrogen-bond acceptors (Lipinski definition) is 2. The molecule has 102 valence electrons. The van der Waals surface area contributed by atoms with E-state index < -0.39 is 0 Å². The summed E-state index contributed by atoms with van der Waals surface area (Å²) < 4.78 is 14.8. The van der Waals surface area contributed by atoms with Gasteiger partial charge in [-0.3, -0.25) is 0 Å². The summed E-state index contributed by atoms with van der Waals surface area (Å²) >= 11 is 0. The molecule has 1 atom stereocenters. The van der Waals surface area contributed by atoms with Gasteiger partial charge in [0, 0.05) is 24.3 Å². The molecule has 0 saturated carbocycles. The van der Waals surface area contributed by atoms with Gasteiger partial charge in [-0.1, -0.05) is 18.2 Å². The minimum Gasteiger partial charge on any atom is -0.306 e. The number of rotatable bonds is 4. The van der Waals surface area contributed by atoms with Crippen LogP contribution >= 0.6 is 0 Å². The average Bonchev–Trinajstić information content (AvgIpc) is 2.89. The van der Waals surface area contributed by atoms with E-state index in [2.05, 4.69) is 17.3 Å². The number of benzene rings is 1. The highest BCUT2D eigenvalue weighted by Crippen LogP contribution is 2.15. The lowest BCUT2D eigenvalue weighted by Gasteiger charge is -2.13. The number of halogens is 1. The summed E-state index contributed by atoms with van der Waals surface area (Å²) in [6, 6.07) is 12.8. The Labute approximate surface area is 117 Å². The predicted molar refractivity (Wildman–Crippen MR) is 76.8 cm³/mol. The molecule has 0 aliphatic heterocycles. The van der Waals surface area contributed by atoms with Crippen molar-refractivity contribution >= 4 is 5.52 Å². The fourth-order valence-electron chi connectivity index (χ4n) is 2.26. The first kappa shape index (κ1) is 12.8. The Morgan fingerprint density at radius 2 is 2.00 bits per heavy atom. The van der Waals surface area contributed by atoms with E-state index in [9.17, 15) is 4.39 Å². The zero-order valence-corrected chi connectivity index (χ0v) is 11.3. The van der Waals surface area contributed by atoms with Crippen LogP contribution in [-0.4, -0.2) is 9.61 Å². The second-order valence-electron chi connectivity index (χ2n) is 4.85. The Hall–Kier alpha value is -2.20. The molecule has 0 amide bonds. The van der Waals surface area contributed by atoms with Crippen molar-refractivity contribution in [1.82, 2.24) is 14.9 Å². The highest BCUT2D eigenvalue weighted by molar-refractivity contribution is 5.53. The van der Waals surface area contributed by atoms with E-state index in [0.717, 1.165) is 23.2 Å². The Kier molecular flexibility index (Phi) is 3.48. The maximum atomic E-state index is 12.9. The molecule has 3 nitrogen and oxygen atoms in total. The van der Waals surface area contributed by atoms with Crippen LogP contribution in [0.5, 0.6) is 0 Å². The summed E-state index contributed by atoms with van der Waals surface area (Å²) in [5.41, 5.74) is 3.33. The molecular formula is C16H16FN3. The van der Waals surface area contributed by atoms with E-state index in [4.69, 9.17) is 0 Å². The normalized spacial score (nSPS) is 12.7. The van der Waals surface area contributed by atoms with Gasteiger partial charge in [-0.15, -0.1) is 0 Å². The first-order chi connectivity index (χ1) is 9.74. The number of fused-ring (bicyclic) bond motifs is 1. The topological polar surface area (TPSA) is 29.3 Å². The van der Waals surface area contributed by atoms with Gasteiger partial charge >= 0.3 is 0 Å². The molecule has 3 rings (SSSR count). The Balaban J connectivity index is 1.71. The van der Waals surface area contributed by atoms with E-state index in [0.29, 0.717) is 0 Å². The third-order valence-corrected chi connectivity index (χ3v) is 3.47. The van der Waals surface area contributed by atoms with Gasteiger partial charge in [0.25, 0.3) is 0 Å². The highest BCUT2D eigenvalue weighted by Gasteiger charge is 2.07. The minimum atomic E-state index is -0.205. The SMILES string of the molecule is C[C@H](NCc1cnn2ccccc12)c1ccc(F)cc1. The maximum absolute atomic E-state index is 12.9. The predicted octanol–water partition coefficient (Wildman–Crippen LogP) is 3.32. The monoisotopic (exact) mass is 269 g/mol. The van der Waals surface area contributed by atoms with Crippen LogP contribution in [0, 0.1) is 5.82 Å². The lowest BCUT2D eigenvalue weighted by atomic mass is 10.1. The number of pyridine rings is 1. The fraction of sp³-hybridized carbons (Fsp3) is 0.188. The van der Waals surface area contributed by atoms with E-state index in [1.54, 1.807) is 0 Å². The van der Waals surface area contributed by atoms with E-state index in [1.165, 1.54) is 12.1 Å². The van der Waals surface area contributed by atoms with Crippen molar-refractivity contribution in [2.24, 2.45) is 0 Å². The molecule has 4 heteroatoms.